The highest BCUT2D eigenvalue weighted by Crippen LogP contribution is 2.35. The number of hydrogen-bond acceptors (Lipinski definition) is 2. The largest absolute Gasteiger partial charge is 0.495 e. The molecule has 0 bridgehead atoms. The molecule has 0 amide bonds. The Hall–Kier alpha value is -1.55. The van der Waals surface area contributed by atoms with E-state index in [0.29, 0.717) is 0 Å². The summed E-state index contributed by atoms with van der Waals surface area (Å²) in [5.74, 6) is 0.577. The maximum Gasteiger partial charge on any atom is 0.143 e. The van der Waals surface area contributed by atoms with Gasteiger partial charge in [-0.15, -0.1) is 0 Å². The molecule has 0 aliphatic heterocycles. The van der Waals surface area contributed by atoms with Crippen LogP contribution in [-0.2, 0) is 0 Å². The summed E-state index contributed by atoms with van der Waals surface area (Å²) in [5.41, 5.74) is 3.13. The second-order valence-corrected chi connectivity index (χ2v) is 5.87. The van der Waals surface area contributed by atoms with Crippen LogP contribution in [0.1, 0.15) is 30.5 Å². The van der Waals surface area contributed by atoms with E-state index < -0.39 is 0 Å². The lowest BCUT2D eigenvalue weighted by Crippen LogP contribution is -2.11. The van der Waals surface area contributed by atoms with Crippen molar-refractivity contribution in [1.29, 1.82) is 0 Å². The van der Waals surface area contributed by atoms with Crippen LogP contribution in [0.25, 0.3) is 0 Å². The van der Waals surface area contributed by atoms with Gasteiger partial charge in [0, 0.05) is 4.47 Å². The average molecular weight is 352 g/mol. The van der Waals surface area contributed by atoms with Gasteiger partial charge in [0.1, 0.15) is 11.6 Å². The van der Waals surface area contributed by atoms with Gasteiger partial charge in [-0.3, -0.25) is 0 Å². The minimum Gasteiger partial charge on any atom is -0.495 e. The molecular weight excluding hydrogens is 333 g/mol. The molecule has 0 aliphatic carbocycles. The maximum atomic E-state index is 13.1. The summed E-state index contributed by atoms with van der Waals surface area (Å²) >= 11 is 3.47. The molecule has 0 saturated heterocycles. The van der Waals surface area contributed by atoms with Gasteiger partial charge in [-0.1, -0.05) is 35.0 Å². The van der Waals surface area contributed by atoms with E-state index in [-0.39, 0.29) is 11.9 Å². The number of rotatable bonds is 5. The predicted octanol–water partition coefficient (Wildman–Crippen LogP) is 5.47. The third-order valence-corrected chi connectivity index (χ3v) is 3.94. The van der Waals surface area contributed by atoms with E-state index in [2.05, 4.69) is 28.2 Å². The molecule has 0 aliphatic rings. The Labute approximate surface area is 133 Å². The van der Waals surface area contributed by atoms with E-state index in [1.807, 2.05) is 31.2 Å². The molecule has 1 atom stereocenters. The third kappa shape index (κ3) is 3.76. The zero-order chi connectivity index (χ0) is 15.4. The molecule has 0 heterocycles. The summed E-state index contributed by atoms with van der Waals surface area (Å²) in [6.07, 6.45) is 0.893. The second kappa shape index (κ2) is 6.94. The topological polar surface area (TPSA) is 21.3 Å². The Kier molecular flexibility index (Phi) is 5.23. The van der Waals surface area contributed by atoms with Gasteiger partial charge in [-0.05, 0) is 48.7 Å². The van der Waals surface area contributed by atoms with Gasteiger partial charge >= 0.3 is 0 Å². The Morgan fingerprint density at radius 1 is 1.24 bits per heavy atom. The van der Waals surface area contributed by atoms with Crippen LogP contribution in [0, 0.1) is 12.7 Å². The summed E-state index contributed by atoms with van der Waals surface area (Å²) < 4.78 is 19.5. The van der Waals surface area contributed by atoms with E-state index in [0.717, 1.165) is 33.5 Å². The van der Waals surface area contributed by atoms with Gasteiger partial charge in [0.05, 0.1) is 18.8 Å². The van der Waals surface area contributed by atoms with Crippen molar-refractivity contribution >= 4 is 21.6 Å². The number of aryl methyl sites for hydroxylation is 1. The monoisotopic (exact) mass is 351 g/mol. The van der Waals surface area contributed by atoms with Gasteiger partial charge in [-0.25, -0.2) is 4.39 Å². The molecule has 0 saturated carbocycles. The van der Waals surface area contributed by atoms with Crippen LogP contribution >= 0.6 is 15.9 Å². The maximum absolute atomic E-state index is 13.1. The Morgan fingerprint density at radius 3 is 2.48 bits per heavy atom. The lowest BCUT2D eigenvalue weighted by molar-refractivity contribution is 0.415. The van der Waals surface area contributed by atoms with Crippen LogP contribution in [-0.4, -0.2) is 7.11 Å². The van der Waals surface area contributed by atoms with Crippen LogP contribution in [0.3, 0.4) is 0 Å². The molecule has 1 unspecified atom stereocenters. The molecule has 2 aromatic carbocycles. The highest BCUT2D eigenvalue weighted by atomic mass is 79.9. The number of nitrogens with one attached hydrogen (secondary N) is 1. The van der Waals surface area contributed by atoms with Crippen molar-refractivity contribution in [2.75, 3.05) is 12.4 Å². The molecule has 112 valence electrons. The lowest BCUT2D eigenvalue weighted by atomic mass is 10.0. The number of ether oxygens (including phenoxy) is 1. The normalized spacial score (nSPS) is 12.0. The quantitative estimate of drug-likeness (QED) is 0.771. The average Bonchev–Trinajstić information content (AvgIpc) is 2.47. The Balaban J connectivity index is 2.32. The first-order valence-corrected chi connectivity index (χ1v) is 7.70. The summed E-state index contributed by atoms with van der Waals surface area (Å²) in [6.45, 7) is 4.13. The molecule has 2 rings (SSSR count). The number of anilines is 1. The first-order chi connectivity index (χ1) is 10.0. The molecule has 21 heavy (non-hydrogen) atoms. The number of halogens is 2. The SMILES string of the molecule is CCC(Nc1c(C)cc(Br)cc1OC)c1ccc(F)cc1. The predicted molar refractivity (Wildman–Crippen MR) is 88.5 cm³/mol. The van der Waals surface area contributed by atoms with Crippen molar-refractivity contribution in [2.45, 2.75) is 26.3 Å². The summed E-state index contributed by atoms with van der Waals surface area (Å²) in [4.78, 5) is 0. The minimum absolute atomic E-state index is 0.111. The Morgan fingerprint density at radius 2 is 1.90 bits per heavy atom. The zero-order valence-corrected chi connectivity index (χ0v) is 14.0. The zero-order valence-electron chi connectivity index (χ0n) is 12.4. The van der Waals surface area contributed by atoms with Gasteiger partial charge in [0.2, 0.25) is 0 Å². The smallest absolute Gasteiger partial charge is 0.143 e. The van der Waals surface area contributed by atoms with Crippen molar-refractivity contribution in [3.63, 3.8) is 0 Å². The summed E-state index contributed by atoms with van der Waals surface area (Å²) in [5, 5.41) is 3.51. The van der Waals surface area contributed by atoms with Crippen molar-refractivity contribution in [2.24, 2.45) is 0 Å². The molecular formula is C17H19BrFNO. The summed E-state index contributed by atoms with van der Waals surface area (Å²) in [6, 6.07) is 10.7. The molecule has 0 spiro atoms. The van der Waals surface area contributed by atoms with Crippen molar-refractivity contribution in [3.8, 4) is 5.75 Å². The van der Waals surface area contributed by atoms with E-state index in [1.165, 1.54) is 12.1 Å². The highest BCUT2D eigenvalue weighted by molar-refractivity contribution is 9.10. The van der Waals surface area contributed by atoms with Crippen molar-refractivity contribution < 1.29 is 9.13 Å². The van der Waals surface area contributed by atoms with Crippen LogP contribution < -0.4 is 10.1 Å². The second-order valence-electron chi connectivity index (χ2n) is 4.96. The van der Waals surface area contributed by atoms with Gasteiger partial charge in [0.25, 0.3) is 0 Å². The molecule has 2 aromatic rings. The molecule has 2 nitrogen and oxygen atoms in total. The number of methoxy groups -OCH3 is 1. The van der Waals surface area contributed by atoms with E-state index in [1.54, 1.807) is 7.11 Å². The fourth-order valence-electron chi connectivity index (χ4n) is 2.35. The van der Waals surface area contributed by atoms with Crippen LogP contribution in [0.2, 0.25) is 0 Å². The van der Waals surface area contributed by atoms with E-state index in [9.17, 15) is 4.39 Å². The highest BCUT2D eigenvalue weighted by Gasteiger charge is 2.14. The fourth-order valence-corrected chi connectivity index (χ4v) is 2.90. The first-order valence-electron chi connectivity index (χ1n) is 6.91. The number of hydrogen-bond donors (Lipinski definition) is 1. The Bertz CT molecular complexity index is 613. The van der Waals surface area contributed by atoms with Crippen molar-refractivity contribution in [1.82, 2.24) is 0 Å². The molecule has 0 radical (unpaired) electrons. The molecule has 1 N–H and O–H groups in total. The van der Waals surface area contributed by atoms with Gasteiger partial charge in [0.15, 0.2) is 0 Å². The van der Waals surface area contributed by atoms with Crippen molar-refractivity contribution in [3.05, 3.63) is 57.8 Å². The van der Waals surface area contributed by atoms with Gasteiger partial charge in [-0.2, -0.15) is 0 Å². The number of benzene rings is 2. The fraction of sp³-hybridized carbons (Fsp3) is 0.294. The van der Waals surface area contributed by atoms with Crippen LogP contribution in [0.15, 0.2) is 40.9 Å². The lowest BCUT2D eigenvalue weighted by Gasteiger charge is -2.22. The first kappa shape index (κ1) is 15.8. The standard InChI is InChI=1S/C17H19BrFNO/c1-4-15(12-5-7-14(19)8-6-12)20-17-11(2)9-13(18)10-16(17)21-3/h5-10,15,20H,4H2,1-3H3. The van der Waals surface area contributed by atoms with E-state index >= 15 is 0 Å². The summed E-state index contributed by atoms with van der Waals surface area (Å²) in [7, 11) is 1.66. The third-order valence-electron chi connectivity index (χ3n) is 3.48. The van der Waals surface area contributed by atoms with E-state index in [4.69, 9.17) is 4.74 Å². The van der Waals surface area contributed by atoms with Crippen LogP contribution in [0.5, 0.6) is 5.75 Å². The molecule has 0 fully saturated rings. The minimum atomic E-state index is -0.217. The molecule has 4 heteroatoms. The van der Waals surface area contributed by atoms with Crippen LogP contribution in [0.4, 0.5) is 10.1 Å². The van der Waals surface area contributed by atoms with Gasteiger partial charge < -0.3 is 10.1 Å². The molecule has 0 aromatic heterocycles.